The minimum atomic E-state index is 0.477. The van der Waals surface area contributed by atoms with E-state index >= 15 is 0 Å². The predicted octanol–water partition coefficient (Wildman–Crippen LogP) is 3.78. The molecule has 0 aliphatic heterocycles. The van der Waals surface area contributed by atoms with Gasteiger partial charge in [-0.15, -0.1) is 10.2 Å². The number of aromatic nitrogens is 4. The fourth-order valence-corrected chi connectivity index (χ4v) is 2.43. The molecule has 0 N–H and O–H groups in total. The third-order valence-corrected chi connectivity index (χ3v) is 3.72. The Morgan fingerprint density at radius 2 is 1.92 bits per heavy atom. The highest BCUT2D eigenvalue weighted by Crippen LogP contribution is 2.22. The Morgan fingerprint density at radius 1 is 1.12 bits per heavy atom. The van der Waals surface area contributed by atoms with Crippen molar-refractivity contribution in [3.8, 4) is 17.2 Å². The summed E-state index contributed by atoms with van der Waals surface area (Å²) >= 11 is 0. The van der Waals surface area contributed by atoms with Crippen LogP contribution in [0, 0.1) is 13.8 Å². The minimum Gasteiger partial charge on any atom is -0.494 e. The lowest BCUT2D eigenvalue weighted by Gasteiger charge is -2.05. The highest BCUT2D eigenvalue weighted by molar-refractivity contribution is 5.53. The van der Waals surface area contributed by atoms with Crippen LogP contribution in [-0.2, 0) is 6.54 Å². The zero-order valence-corrected chi connectivity index (χ0v) is 14.3. The number of nitrogens with zero attached hydrogens (tertiary/aromatic N) is 4. The van der Waals surface area contributed by atoms with E-state index in [1.165, 1.54) is 0 Å². The average Bonchev–Trinajstić information content (AvgIpc) is 3.15. The number of benzene rings is 1. The first-order valence-corrected chi connectivity index (χ1v) is 8.22. The van der Waals surface area contributed by atoms with Crippen molar-refractivity contribution in [2.24, 2.45) is 0 Å². The molecule has 0 fully saturated rings. The summed E-state index contributed by atoms with van der Waals surface area (Å²) in [4.78, 5) is 0. The molecule has 0 aliphatic carbocycles. The van der Waals surface area contributed by atoms with Gasteiger partial charge in [-0.3, -0.25) is 4.68 Å². The van der Waals surface area contributed by atoms with E-state index in [4.69, 9.17) is 9.15 Å². The number of unbranched alkanes of at least 4 members (excludes halogenated alkanes) is 1. The first kappa shape index (κ1) is 16.2. The van der Waals surface area contributed by atoms with Gasteiger partial charge in [-0.2, -0.15) is 5.10 Å². The summed E-state index contributed by atoms with van der Waals surface area (Å²) in [6, 6.07) is 9.74. The fourth-order valence-electron chi connectivity index (χ4n) is 2.43. The van der Waals surface area contributed by atoms with Gasteiger partial charge in [0.15, 0.2) is 0 Å². The smallest absolute Gasteiger partial charge is 0.247 e. The standard InChI is InChI=1S/C18H22N4O2/c1-4-5-10-23-16-8-6-15(7-9-16)18-20-19-17(24-18)12-22-14(3)11-13(2)21-22/h6-9,11H,4-5,10,12H2,1-3H3. The quantitative estimate of drug-likeness (QED) is 0.618. The average molecular weight is 326 g/mol. The van der Waals surface area contributed by atoms with Gasteiger partial charge in [-0.05, 0) is 50.6 Å². The van der Waals surface area contributed by atoms with Crippen LogP contribution >= 0.6 is 0 Å². The van der Waals surface area contributed by atoms with Crippen LogP contribution in [0.4, 0.5) is 0 Å². The van der Waals surface area contributed by atoms with E-state index in [-0.39, 0.29) is 0 Å². The molecule has 0 saturated heterocycles. The van der Waals surface area contributed by atoms with E-state index in [1.54, 1.807) is 0 Å². The van der Waals surface area contributed by atoms with Crippen LogP contribution in [0.25, 0.3) is 11.5 Å². The van der Waals surface area contributed by atoms with Gasteiger partial charge in [0.25, 0.3) is 0 Å². The van der Waals surface area contributed by atoms with Gasteiger partial charge in [0.1, 0.15) is 12.3 Å². The molecule has 2 aromatic heterocycles. The molecule has 0 aliphatic rings. The van der Waals surface area contributed by atoms with Gasteiger partial charge in [0.05, 0.1) is 12.3 Å². The first-order valence-electron chi connectivity index (χ1n) is 8.22. The largest absolute Gasteiger partial charge is 0.494 e. The zero-order valence-electron chi connectivity index (χ0n) is 14.3. The lowest BCUT2D eigenvalue weighted by molar-refractivity contribution is 0.309. The summed E-state index contributed by atoms with van der Waals surface area (Å²) in [5.41, 5.74) is 2.93. The molecule has 6 heteroatoms. The van der Waals surface area contributed by atoms with E-state index in [9.17, 15) is 0 Å². The molecular weight excluding hydrogens is 304 g/mol. The molecular formula is C18H22N4O2. The van der Waals surface area contributed by atoms with E-state index in [0.29, 0.717) is 18.3 Å². The fraction of sp³-hybridized carbons (Fsp3) is 0.389. The lowest BCUT2D eigenvalue weighted by atomic mass is 10.2. The number of hydrogen-bond acceptors (Lipinski definition) is 5. The monoisotopic (exact) mass is 326 g/mol. The molecule has 0 atom stereocenters. The van der Waals surface area contributed by atoms with Crippen molar-refractivity contribution < 1.29 is 9.15 Å². The summed E-state index contributed by atoms with van der Waals surface area (Å²) in [5, 5.41) is 12.6. The molecule has 2 heterocycles. The summed E-state index contributed by atoms with van der Waals surface area (Å²) in [7, 11) is 0. The van der Waals surface area contributed by atoms with Crippen LogP contribution in [0.1, 0.15) is 37.0 Å². The second kappa shape index (κ2) is 7.29. The van der Waals surface area contributed by atoms with Crippen molar-refractivity contribution in [1.82, 2.24) is 20.0 Å². The molecule has 1 aromatic carbocycles. The van der Waals surface area contributed by atoms with Gasteiger partial charge in [0, 0.05) is 11.3 Å². The molecule has 0 radical (unpaired) electrons. The highest BCUT2D eigenvalue weighted by atomic mass is 16.5. The van der Waals surface area contributed by atoms with Crippen molar-refractivity contribution >= 4 is 0 Å². The molecule has 126 valence electrons. The molecule has 0 unspecified atom stereocenters. The Hall–Kier alpha value is -2.63. The Morgan fingerprint density at radius 3 is 2.58 bits per heavy atom. The van der Waals surface area contributed by atoms with Crippen LogP contribution in [0.15, 0.2) is 34.7 Å². The molecule has 3 aromatic rings. The van der Waals surface area contributed by atoms with Crippen molar-refractivity contribution in [3.63, 3.8) is 0 Å². The van der Waals surface area contributed by atoms with E-state index in [1.807, 2.05) is 48.9 Å². The highest BCUT2D eigenvalue weighted by Gasteiger charge is 2.11. The second-order valence-electron chi connectivity index (χ2n) is 5.81. The Balaban J connectivity index is 1.67. The second-order valence-corrected chi connectivity index (χ2v) is 5.81. The van der Waals surface area contributed by atoms with Crippen LogP contribution in [0.5, 0.6) is 5.75 Å². The van der Waals surface area contributed by atoms with Gasteiger partial charge in [-0.25, -0.2) is 0 Å². The molecule has 0 spiro atoms. The van der Waals surface area contributed by atoms with Gasteiger partial charge in [0.2, 0.25) is 11.8 Å². The molecule has 24 heavy (non-hydrogen) atoms. The Bertz CT molecular complexity index is 790. The Labute approximate surface area is 141 Å². The number of hydrogen-bond donors (Lipinski definition) is 0. The minimum absolute atomic E-state index is 0.477. The van der Waals surface area contributed by atoms with Crippen molar-refractivity contribution in [1.29, 1.82) is 0 Å². The zero-order chi connectivity index (χ0) is 16.9. The first-order chi connectivity index (χ1) is 11.7. The molecule has 0 amide bonds. The van der Waals surface area contributed by atoms with Gasteiger partial charge < -0.3 is 9.15 Å². The third-order valence-electron chi connectivity index (χ3n) is 3.72. The lowest BCUT2D eigenvalue weighted by Crippen LogP contribution is -2.04. The predicted molar refractivity (Wildman–Crippen MR) is 90.9 cm³/mol. The Kier molecular flexibility index (Phi) is 4.93. The maximum atomic E-state index is 5.75. The molecule has 3 rings (SSSR count). The van der Waals surface area contributed by atoms with Crippen molar-refractivity contribution in [2.75, 3.05) is 6.61 Å². The summed E-state index contributed by atoms with van der Waals surface area (Å²) in [5.74, 6) is 1.90. The van der Waals surface area contributed by atoms with Crippen LogP contribution in [0.2, 0.25) is 0 Å². The summed E-state index contributed by atoms with van der Waals surface area (Å²) < 4.78 is 13.3. The third kappa shape index (κ3) is 3.82. The van der Waals surface area contributed by atoms with Crippen LogP contribution in [-0.4, -0.2) is 26.6 Å². The maximum absolute atomic E-state index is 5.75. The molecule has 0 saturated carbocycles. The van der Waals surface area contributed by atoms with Crippen LogP contribution in [0.3, 0.4) is 0 Å². The number of ether oxygens (including phenoxy) is 1. The van der Waals surface area contributed by atoms with E-state index < -0.39 is 0 Å². The SMILES string of the molecule is CCCCOc1ccc(-c2nnc(Cn3nc(C)cc3C)o2)cc1. The maximum Gasteiger partial charge on any atom is 0.247 e. The van der Waals surface area contributed by atoms with Crippen molar-refractivity contribution in [2.45, 2.75) is 40.2 Å². The van der Waals surface area contributed by atoms with Crippen molar-refractivity contribution in [3.05, 3.63) is 47.6 Å². The normalized spacial score (nSPS) is 11.0. The summed E-state index contributed by atoms with van der Waals surface area (Å²) in [6.45, 7) is 7.33. The molecule has 6 nitrogen and oxygen atoms in total. The summed E-state index contributed by atoms with van der Waals surface area (Å²) in [6.07, 6.45) is 2.18. The number of aryl methyl sites for hydroxylation is 2. The topological polar surface area (TPSA) is 66.0 Å². The van der Waals surface area contributed by atoms with Gasteiger partial charge >= 0.3 is 0 Å². The molecule has 0 bridgehead atoms. The van der Waals surface area contributed by atoms with E-state index in [2.05, 4.69) is 22.2 Å². The van der Waals surface area contributed by atoms with Crippen LogP contribution < -0.4 is 4.74 Å². The number of rotatable bonds is 7. The van der Waals surface area contributed by atoms with E-state index in [0.717, 1.165) is 42.1 Å². The van der Waals surface area contributed by atoms with Gasteiger partial charge in [-0.1, -0.05) is 13.3 Å².